The maximum absolute atomic E-state index is 11.6. The normalized spacial score (nSPS) is 13.9. The van der Waals surface area contributed by atoms with E-state index in [1.165, 1.54) is 12.5 Å². The molecule has 0 aliphatic carbocycles. The molecule has 0 radical (unpaired) electrons. The first-order chi connectivity index (χ1) is 21.4. The molecule has 1 aliphatic heterocycles. The monoisotopic (exact) mass is 584 g/mol. The van der Waals surface area contributed by atoms with Gasteiger partial charge in [0, 0.05) is 68.5 Å². The second-order valence-corrected chi connectivity index (χ2v) is 10.9. The summed E-state index contributed by atoms with van der Waals surface area (Å²) >= 11 is 0. The van der Waals surface area contributed by atoms with Gasteiger partial charge < -0.3 is 16.0 Å². The first-order valence-corrected chi connectivity index (χ1v) is 14.8. The fourth-order valence-corrected chi connectivity index (χ4v) is 5.61. The van der Waals surface area contributed by atoms with Crippen LogP contribution >= 0.6 is 0 Å². The molecule has 2 aromatic carbocycles. The summed E-state index contributed by atoms with van der Waals surface area (Å²) in [5, 5.41) is 2.85. The SMILES string of the molecule is C=C(/C=C\C)N1CCN(Cc2ccc(-n3c(-c4cccnc4N)nc4ccc(-c5cccc(NC(C)=O)c5)nc43)cc2)CC1. The van der Waals surface area contributed by atoms with Crippen LogP contribution in [-0.2, 0) is 11.3 Å². The predicted octanol–water partition coefficient (Wildman–Crippen LogP) is 5.90. The van der Waals surface area contributed by atoms with Crippen LogP contribution in [0.1, 0.15) is 19.4 Å². The minimum atomic E-state index is -0.122. The molecule has 0 atom stereocenters. The topological polar surface area (TPSA) is 105 Å². The molecule has 222 valence electrons. The number of carbonyl (C=O) groups is 1. The molecule has 0 spiro atoms. The molecule has 3 aromatic heterocycles. The van der Waals surface area contributed by atoms with E-state index in [4.69, 9.17) is 15.7 Å². The molecule has 1 aliphatic rings. The first-order valence-electron chi connectivity index (χ1n) is 14.8. The summed E-state index contributed by atoms with van der Waals surface area (Å²) in [6.45, 7) is 12.5. The Morgan fingerprint density at radius 2 is 1.80 bits per heavy atom. The summed E-state index contributed by atoms with van der Waals surface area (Å²) in [5.41, 5.74) is 14.1. The van der Waals surface area contributed by atoms with Gasteiger partial charge in [0.25, 0.3) is 0 Å². The number of nitrogen functional groups attached to an aromatic ring is 1. The quantitative estimate of drug-likeness (QED) is 0.219. The fourth-order valence-electron chi connectivity index (χ4n) is 5.61. The van der Waals surface area contributed by atoms with E-state index in [9.17, 15) is 4.79 Å². The third-order valence-electron chi connectivity index (χ3n) is 7.80. The molecule has 6 rings (SSSR count). The molecule has 9 heteroatoms. The molecule has 0 saturated carbocycles. The van der Waals surface area contributed by atoms with Crippen molar-refractivity contribution in [2.24, 2.45) is 0 Å². The molecule has 1 fully saturated rings. The van der Waals surface area contributed by atoms with Gasteiger partial charge in [-0.1, -0.05) is 36.9 Å². The molecular formula is C35H36N8O. The Kier molecular flexibility index (Phi) is 8.21. The van der Waals surface area contributed by atoms with Gasteiger partial charge in [0.05, 0.1) is 11.3 Å². The number of nitrogens with one attached hydrogen (secondary N) is 1. The minimum Gasteiger partial charge on any atom is -0.383 e. The Balaban J connectivity index is 1.34. The zero-order valence-corrected chi connectivity index (χ0v) is 25.1. The van der Waals surface area contributed by atoms with Gasteiger partial charge >= 0.3 is 0 Å². The number of hydrogen-bond donors (Lipinski definition) is 2. The Morgan fingerprint density at radius 1 is 1.00 bits per heavy atom. The number of pyridine rings is 2. The highest BCUT2D eigenvalue weighted by Crippen LogP contribution is 2.32. The maximum atomic E-state index is 11.6. The lowest BCUT2D eigenvalue weighted by Gasteiger charge is -2.36. The van der Waals surface area contributed by atoms with Crippen molar-refractivity contribution in [1.82, 2.24) is 29.3 Å². The van der Waals surface area contributed by atoms with Crippen LogP contribution in [0.3, 0.4) is 0 Å². The summed E-state index contributed by atoms with van der Waals surface area (Å²) in [7, 11) is 0. The zero-order valence-electron chi connectivity index (χ0n) is 25.1. The number of amides is 1. The fraction of sp³-hybridized carbons (Fsp3) is 0.200. The van der Waals surface area contributed by atoms with E-state index in [2.05, 4.69) is 57.0 Å². The van der Waals surface area contributed by atoms with Crippen molar-refractivity contribution in [2.45, 2.75) is 20.4 Å². The van der Waals surface area contributed by atoms with E-state index in [-0.39, 0.29) is 5.91 Å². The number of carbonyl (C=O) groups excluding carboxylic acids is 1. The maximum Gasteiger partial charge on any atom is 0.221 e. The summed E-state index contributed by atoms with van der Waals surface area (Å²) in [4.78, 5) is 30.8. The van der Waals surface area contributed by atoms with Crippen molar-refractivity contribution in [2.75, 3.05) is 37.2 Å². The molecule has 1 saturated heterocycles. The number of hydrogen-bond acceptors (Lipinski definition) is 7. The van der Waals surface area contributed by atoms with Crippen molar-refractivity contribution in [3.63, 3.8) is 0 Å². The number of benzene rings is 2. The zero-order chi connectivity index (χ0) is 30.6. The lowest BCUT2D eigenvalue weighted by atomic mass is 10.1. The van der Waals surface area contributed by atoms with Gasteiger partial charge in [-0.3, -0.25) is 14.3 Å². The summed E-state index contributed by atoms with van der Waals surface area (Å²) in [6.07, 6.45) is 5.79. The average molecular weight is 585 g/mol. The van der Waals surface area contributed by atoms with E-state index in [1.54, 1.807) is 6.20 Å². The Hall–Kier alpha value is -5.28. The predicted molar refractivity (Wildman–Crippen MR) is 177 cm³/mol. The molecule has 1 amide bonds. The number of allylic oxidation sites excluding steroid dienone is 2. The van der Waals surface area contributed by atoms with Gasteiger partial charge in [-0.15, -0.1) is 0 Å². The highest BCUT2D eigenvalue weighted by atomic mass is 16.1. The van der Waals surface area contributed by atoms with Crippen molar-refractivity contribution in [1.29, 1.82) is 0 Å². The van der Waals surface area contributed by atoms with Crippen LogP contribution < -0.4 is 11.1 Å². The van der Waals surface area contributed by atoms with Crippen LogP contribution in [0.15, 0.2) is 103 Å². The molecule has 3 N–H and O–H groups in total. The van der Waals surface area contributed by atoms with E-state index in [1.807, 2.05) is 66.1 Å². The third-order valence-corrected chi connectivity index (χ3v) is 7.80. The van der Waals surface area contributed by atoms with E-state index >= 15 is 0 Å². The largest absolute Gasteiger partial charge is 0.383 e. The smallest absolute Gasteiger partial charge is 0.221 e. The number of nitrogens with zero attached hydrogens (tertiary/aromatic N) is 6. The number of aromatic nitrogens is 4. The molecule has 4 heterocycles. The van der Waals surface area contributed by atoms with Crippen LogP contribution in [0.5, 0.6) is 0 Å². The van der Waals surface area contributed by atoms with Crippen LogP contribution in [0.25, 0.3) is 39.5 Å². The van der Waals surface area contributed by atoms with Crippen LogP contribution in [0.2, 0.25) is 0 Å². The summed E-state index contributed by atoms with van der Waals surface area (Å²) in [6, 6.07) is 23.9. The van der Waals surface area contributed by atoms with Gasteiger partial charge in [-0.2, -0.15) is 0 Å². The first kappa shape index (κ1) is 28.8. The summed E-state index contributed by atoms with van der Waals surface area (Å²) < 4.78 is 2.04. The third kappa shape index (κ3) is 6.09. The second kappa shape index (κ2) is 12.5. The number of piperazine rings is 1. The highest BCUT2D eigenvalue weighted by Gasteiger charge is 2.20. The van der Waals surface area contributed by atoms with Gasteiger partial charge in [0.2, 0.25) is 5.91 Å². The van der Waals surface area contributed by atoms with E-state index in [0.717, 1.165) is 66.4 Å². The van der Waals surface area contributed by atoms with Gasteiger partial charge in [0.1, 0.15) is 11.3 Å². The van der Waals surface area contributed by atoms with Crippen molar-refractivity contribution in [3.8, 4) is 28.3 Å². The number of rotatable bonds is 8. The lowest BCUT2D eigenvalue weighted by molar-refractivity contribution is -0.114. The van der Waals surface area contributed by atoms with Crippen LogP contribution in [0, 0.1) is 0 Å². The lowest BCUT2D eigenvalue weighted by Crippen LogP contribution is -2.44. The molecule has 5 aromatic rings. The van der Waals surface area contributed by atoms with Crippen molar-refractivity contribution < 1.29 is 4.79 Å². The van der Waals surface area contributed by atoms with Gasteiger partial charge in [-0.05, 0) is 67.1 Å². The van der Waals surface area contributed by atoms with Crippen molar-refractivity contribution in [3.05, 3.63) is 109 Å². The molecule has 9 nitrogen and oxygen atoms in total. The number of imidazole rings is 1. The highest BCUT2D eigenvalue weighted by molar-refractivity contribution is 5.90. The minimum absolute atomic E-state index is 0.122. The standard InChI is InChI=1S/C35H36N8O/c1-4-7-24(2)42-20-18-41(19-21-42)23-26-11-13-29(14-12-26)43-34(30-10-6-17-37-33(30)36)40-32-16-15-31(39-35(32)43)27-8-5-9-28(22-27)38-25(3)44/h4-17,22H,2,18-21,23H2,1,3H3,(H2,36,37)(H,38,44)/b7-4-. The molecule has 0 unspecified atom stereocenters. The van der Waals surface area contributed by atoms with Crippen molar-refractivity contribution >= 4 is 28.6 Å². The number of anilines is 2. The number of fused-ring (bicyclic) bond motifs is 1. The second-order valence-electron chi connectivity index (χ2n) is 10.9. The molecule has 44 heavy (non-hydrogen) atoms. The van der Waals surface area contributed by atoms with E-state index < -0.39 is 0 Å². The van der Waals surface area contributed by atoms with E-state index in [0.29, 0.717) is 23.0 Å². The summed E-state index contributed by atoms with van der Waals surface area (Å²) in [5.74, 6) is 0.955. The van der Waals surface area contributed by atoms with Gasteiger partial charge in [-0.25, -0.2) is 15.0 Å². The Morgan fingerprint density at radius 3 is 2.52 bits per heavy atom. The Bertz CT molecular complexity index is 1850. The average Bonchev–Trinajstić information content (AvgIpc) is 3.40. The molecule has 0 bridgehead atoms. The van der Waals surface area contributed by atoms with Crippen LogP contribution in [-0.4, -0.2) is 61.4 Å². The van der Waals surface area contributed by atoms with Gasteiger partial charge in [0.15, 0.2) is 11.5 Å². The van der Waals surface area contributed by atoms with Crippen LogP contribution in [0.4, 0.5) is 11.5 Å². The Labute approximate surface area is 257 Å². The molecular weight excluding hydrogens is 548 g/mol. The number of nitrogens with two attached hydrogens (primary N) is 1.